The molecule has 4 nitrogen and oxygen atoms in total. The lowest BCUT2D eigenvalue weighted by Gasteiger charge is -2.28. The lowest BCUT2D eigenvalue weighted by Crippen LogP contribution is -2.47. The van der Waals surface area contributed by atoms with E-state index in [0.717, 1.165) is 18.4 Å². The van der Waals surface area contributed by atoms with Gasteiger partial charge >= 0.3 is 6.03 Å². The normalized spacial score (nSPS) is 22.3. The van der Waals surface area contributed by atoms with Crippen molar-refractivity contribution >= 4 is 6.03 Å². The molecule has 0 heterocycles. The van der Waals surface area contributed by atoms with Crippen molar-refractivity contribution < 1.29 is 9.90 Å². The maximum Gasteiger partial charge on any atom is 0.315 e. The Morgan fingerprint density at radius 1 is 1.35 bits per heavy atom. The van der Waals surface area contributed by atoms with Crippen LogP contribution in [0, 0.1) is 5.41 Å². The van der Waals surface area contributed by atoms with E-state index in [1.54, 1.807) is 6.92 Å². The Balaban J connectivity index is 1.89. The fraction of sp³-hybridized carbons (Fsp3) is 0.632. The second-order valence-electron chi connectivity index (χ2n) is 7.48. The summed E-state index contributed by atoms with van der Waals surface area (Å²) >= 11 is 0. The molecule has 0 aromatic heterocycles. The van der Waals surface area contributed by atoms with E-state index in [1.807, 2.05) is 30.3 Å². The van der Waals surface area contributed by atoms with Crippen molar-refractivity contribution in [1.82, 2.24) is 10.6 Å². The molecule has 3 unspecified atom stereocenters. The lowest BCUT2D eigenvalue weighted by molar-refractivity contribution is 0.172. The summed E-state index contributed by atoms with van der Waals surface area (Å²) in [6.45, 7) is 6.75. The van der Waals surface area contributed by atoms with Gasteiger partial charge in [-0.2, -0.15) is 0 Å². The van der Waals surface area contributed by atoms with Gasteiger partial charge in [0.25, 0.3) is 0 Å². The van der Waals surface area contributed by atoms with Gasteiger partial charge in [-0.25, -0.2) is 4.79 Å². The summed E-state index contributed by atoms with van der Waals surface area (Å²) in [4.78, 5) is 12.2. The van der Waals surface area contributed by atoms with Gasteiger partial charge < -0.3 is 15.7 Å². The zero-order valence-electron chi connectivity index (χ0n) is 14.5. The topological polar surface area (TPSA) is 61.4 Å². The maximum atomic E-state index is 12.2. The molecule has 1 fully saturated rings. The van der Waals surface area contributed by atoms with Crippen LogP contribution in [0.5, 0.6) is 0 Å². The average molecular weight is 318 g/mol. The summed E-state index contributed by atoms with van der Waals surface area (Å²) in [5, 5.41) is 15.8. The Morgan fingerprint density at radius 3 is 2.61 bits per heavy atom. The molecule has 1 aliphatic carbocycles. The van der Waals surface area contributed by atoms with Crippen LogP contribution >= 0.6 is 0 Å². The average Bonchev–Trinajstić information content (AvgIpc) is 2.83. The van der Waals surface area contributed by atoms with Crippen molar-refractivity contribution in [2.45, 2.75) is 64.5 Å². The molecule has 0 radical (unpaired) electrons. The first kappa shape index (κ1) is 17.8. The number of hydrogen-bond donors (Lipinski definition) is 3. The molecular weight excluding hydrogens is 288 g/mol. The minimum Gasteiger partial charge on any atom is -0.393 e. The highest BCUT2D eigenvalue weighted by atomic mass is 16.3. The highest BCUT2D eigenvalue weighted by molar-refractivity contribution is 5.74. The SMILES string of the molecule is CC(O)CC(CNC(=O)NC1CCCC1(C)C)c1ccccc1. The molecule has 0 spiro atoms. The number of urea groups is 1. The van der Waals surface area contributed by atoms with Gasteiger partial charge in [-0.05, 0) is 37.2 Å². The summed E-state index contributed by atoms with van der Waals surface area (Å²) in [5.74, 6) is 0.124. The minimum atomic E-state index is -0.390. The quantitative estimate of drug-likeness (QED) is 0.752. The summed E-state index contributed by atoms with van der Waals surface area (Å²) in [6.07, 6.45) is 3.63. The van der Waals surface area contributed by atoms with Crippen LogP contribution in [0.25, 0.3) is 0 Å². The second kappa shape index (κ2) is 7.82. The summed E-state index contributed by atoms with van der Waals surface area (Å²) in [6, 6.07) is 10.2. The predicted molar refractivity (Wildman–Crippen MR) is 93.4 cm³/mol. The second-order valence-corrected chi connectivity index (χ2v) is 7.48. The van der Waals surface area contributed by atoms with Crippen LogP contribution < -0.4 is 10.6 Å². The number of benzene rings is 1. The standard InChI is InChI=1S/C19H30N2O2/c1-14(22)12-16(15-8-5-4-6-9-15)13-20-18(23)21-17-10-7-11-19(17,2)3/h4-6,8-9,14,16-17,22H,7,10-13H2,1-3H3,(H2,20,21,23). The molecule has 4 heteroatoms. The monoisotopic (exact) mass is 318 g/mol. The van der Waals surface area contributed by atoms with Crippen LogP contribution in [0.4, 0.5) is 4.79 Å². The zero-order chi connectivity index (χ0) is 16.9. The Kier molecular flexibility index (Phi) is 6.05. The molecule has 2 amide bonds. The Hall–Kier alpha value is -1.55. The van der Waals surface area contributed by atoms with Gasteiger partial charge in [0.2, 0.25) is 0 Å². The van der Waals surface area contributed by atoms with E-state index in [0.29, 0.717) is 13.0 Å². The molecule has 1 aromatic carbocycles. The van der Waals surface area contributed by atoms with Crippen LogP contribution in [0.3, 0.4) is 0 Å². The summed E-state index contributed by atoms with van der Waals surface area (Å²) in [5.41, 5.74) is 1.32. The number of aliphatic hydroxyl groups is 1. The van der Waals surface area contributed by atoms with Crippen LogP contribution in [0.2, 0.25) is 0 Å². The Labute approximate surface area is 139 Å². The third kappa shape index (κ3) is 5.24. The van der Waals surface area contributed by atoms with Gasteiger partial charge in [0.05, 0.1) is 6.10 Å². The molecule has 0 bridgehead atoms. The number of amides is 2. The highest BCUT2D eigenvalue weighted by Gasteiger charge is 2.35. The van der Waals surface area contributed by atoms with Crippen molar-refractivity contribution in [3.63, 3.8) is 0 Å². The van der Waals surface area contributed by atoms with Crippen molar-refractivity contribution in [1.29, 1.82) is 0 Å². The first-order valence-corrected chi connectivity index (χ1v) is 8.66. The fourth-order valence-electron chi connectivity index (χ4n) is 3.49. The number of carbonyl (C=O) groups excluding carboxylic acids is 1. The number of hydrogen-bond acceptors (Lipinski definition) is 2. The first-order chi connectivity index (χ1) is 10.9. The Morgan fingerprint density at radius 2 is 2.04 bits per heavy atom. The number of nitrogens with one attached hydrogen (secondary N) is 2. The smallest absolute Gasteiger partial charge is 0.315 e. The third-order valence-corrected chi connectivity index (χ3v) is 4.97. The molecule has 2 rings (SSSR count). The maximum absolute atomic E-state index is 12.2. The zero-order valence-corrected chi connectivity index (χ0v) is 14.5. The van der Waals surface area contributed by atoms with Crippen LogP contribution in [0.15, 0.2) is 30.3 Å². The molecule has 3 atom stereocenters. The van der Waals surface area contributed by atoms with E-state index in [9.17, 15) is 9.90 Å². The fourth-order valence-corrected chi connectivity index (χ4v) is 3.49. The van der Waals surface area contributed by atoms with E-state index >= 15 is 0 Å². The van der Waals surface area contributed by atoms with Gasteiger partial charge in [-0.3, -0.25) is 0 Å². The number of aliphatic hydroxyl groups excluding tert-OH is 1. The molecule has 3 N–H and O–H groups in total. The molecular formula is C19H30N2O2. The third-order valence-electron chi connectivity index (χ3n) is 4.97. The first-order valence-electron chi connectivity index (χ1n) is 8.66. The number of carbonyl (C=O) groups is 1. The van der Waals surface area contributed by atoms with Crippen LogP contribution in [-0.4, -0.2) is 29.8 Å². The van der Waals surface area contributed by atoms with Crippen LogP contribution in [-0.2, 0) is 0 Å². The predicted octanol–water partition coefficient (Wildman–Crippen LogP) is 3.42. The van der Waals surface area contributed by atoms with Gasteiger partial charge in [-0.1, -0.05) is 50.6 Å². The van der Waals surface area contributed by atoms with Gasteiger partial charge in [0.15, 0.2) is 0 Å². The minimum absolute atomic E-state index is 0.100. The molecule has 1 aliphatic rings. The van der Waals surface area contributed by atoms with E-state index in [1.165, 1.54) is 6.42 Å². The van der Waals surface area contributed by atoms with Crippen molar-refractivity contribution in [2.24, 2.45) is 5.41 Å². The van der Waals surface area contributed by atoms with Gasteiger partial charge in [-0.15, -0.1) is 0 Å². The molecule has 0 aliphatic heterocycles. The molecule has 0 saturated heterocycles. The molecule has 1 aromatic rings. The summed E-state index contributed by atoms with van der Waals surface area (Å²) < 4.78 is 0. The van der Waals surface area contributed by atoms with Crippen molar-refractivity contribution in [3.8, 4) is 0 Å². The highest BCUT2D eigenvalue weighted by Crippen LogP contribution is 2.37. The van der Waals surface area contributed by atoms with E-state index in [2.05, 4.69) is 24.5 Å². The largest absolute Gasteiger partial charge is 0.393 e. The molecule has 128 valence electrons. The van der Waals surface area contributed by atoms with E-state index in [-0.39, 0.29) is 29.5 Å². The number of rotatable bonds is 6. The van der Waals surface area contributed by atoms with E-state index < -0.39 is 0 Å². The van der Waals surface area contributed by atoms with Gasteiger partial charge in [0, 0.05) is 18.5 Å². The lowest BCUT2D eigenvalue weighted by atomic mass is 9.87. The van der Waals surface area contributed by atoms with Crippen molar-refractivity contribution in [3.05, 3.63) is 35.9 Å². The molecule has 1 saturated carbocycles. The Bertz CT molecular complexity index is 499. The van der Waals surface area contributed by atoms with E-state index in [4.69, 9.17) is 0 Å². The van der Waals surface area contributed by atoms with Crippen molar-refractivity contribution in [2.75, 3.05) is 6.54 Å². The van der Waals surface area contributed by atoms with Gasteiger partial charge in [0.1, 0.15) is 0 Å². The van der Waals surface area contributed by atoms with Crippen LogP contribution in [0.1, 0.15) is 57.9 Å². The molecule has 23 heavy (non-hydrogen) atoms. The summed E-state index contributed by atoms with van der Waals surface area (Å²) in [7, 11) is 0.